The molecule has 0 aromatic heterocycles. The number of rotatable bonds is 48. The molecule has 0 aromatic carbocycles. The van der Waals surface area contributed by atoms with Crippen molar-refractivity contribution in [1.82, 2.24) is 5.32 Å². The molecule has 0 heterocycles. The molecule has 0 aromatic rings. The average Bonchev–Trinajstić information content (AvgIpc) is 3.28. The summed E-state index contributed by atoms with van der Waals surface area (Å²) in [7, 11) is 1.55. The van der Waals surface area contributed by atoms with E-state index in [0.29, 0.717) is 17.4 Å². The highest BCUT2D eigenvalue weighted by molar-refractivity contribution is 7.47. The van der Waals surface area contributed by atoms with Gasteiger partial charge in [0.25, 0.3) is 0 Å². The first kappa shape index (κ1) is 63.7. The van der Waals surface area contributed by atoms with E-state index in [9.17, 15) is 19.4 Å². The van der Waals surface area contributed by atoms with Crippen LogP contribution in [0.4, 0.5) is 0 Å². The van der Waals surface area contributed by atoms with E-state index in [2.05, 4.69) is 92.1 Å². The number of carbonyl (C=O) groups excluding carboxylic acids is 1. The van der Waals surface area contributed by atoms with Gasteiger partial charge in [0, 0.05) is 6.42 Å². The number of carbonyl (C=O) groups is 1. The number of aliphatic hydroxyl groups is 1. The van der Waals surface area contributed by atoms with Crippen LogP contribution in [0.25, 0.3) is 0 Å². The number of likely N-dealkylation sites (N-methyl/N-ethyl adjacent to an activating group) is 1. The number of amides is 1. The third-order valence-electron chi connectivity index (χ3n) is 11.6. The first-order chi connectivity index (χ1) is 32.0. The van der Waals surface area contributed by atoms with E-state index in [1.165, 1.54) is 109 Å². The molecular weight excluding hydrogens is 840 g/mol. The molecule has 0 bridgehead atoms. The summed E-state index contributed by atoms with van der Waals surface area (Å²) < 4.78 is 23.7. The Morgan fingerprint density at radius 1 is 0.530 bits per heavy atom. The van der Waals surface area contributed by atoms with Crippen LogP contribution in [-0.4, -0.2) is 73.4 Å². The highest BCUT2D eigenvalue weighted by atomic mass is 31.2. The van der Waals surface area contributed by atoms with E-state index >= 15 is 0 Å². The Labute approximate surface area is 407 Å². The largest absolute Gasteiger partial charge is 0.472 e. The van der Waals surface area contributed by atoms with E-state index in [4.69, 9.17) is 9.05 Å². The minimum absolute atomic E-state index is 0.0542. The standard InChI is InChI=1S/C57H103N2O6P/c1-6-8-10-12-14-16-18-20-22-24-26-27-28-29-30-31-33-35-37-39-41-43-45-47-49-51-57(61)58-55(54-65-66(62,63)64-53-52-59(3,4)5)56(60)50-48-46-44-42-40-38-36-34-32-25-23-21-19-17-15-13-11-9-7-2/h8,10,14,16,20,22,26-27,29-30,33,35,48,50,55-56,60H,6-7,9,11-13,15,17-19,21,23-25,28,31-32,34,36-47,49,51-54H2,1-5H3,(H-,58,61,62,63)/p+1/b10-8-,16-14-,22-20-,27-26-,30-29-,35-33-,50-48+. The second-order valence-electron chi connectivity index (χ2n) is 19.2. The van der Waals surface area contributed by atoms with Crippen LogP contribution >= 0.6 is 7.82 Å². The minimum atomic E-state index is -4.35. The summed E-state index contributed by atoms with van der Waals surface area (Å²) in [6.45, 7) is 4.69. The van der Waals surface area contributed by atoms with Crippen LogP contribution in [0.15, 0.2) is 85.1 Å². The van der Waals surface area contributed by atoms with Gasteiger partial charge in [-0.15, -0.1) is 0 Å². The van der Waals surface area contributed by atoms with Crippen molar-refractivity contribution in [1.29, 1.82) is 0 Å². The molecule has 382 valence electrons. The molecular formula is C57H104N2O6P+. The lowest BCUT2D eigenvalue weighted by Crippen LogP contribution is -2.45. The van der Waals surface area contributed by atoms with Crippen LogP contribution in [0.2, 0.25) is 0 Å². The fraction of sp³-hybridized carbons (Fsp3) is 0.737. The summed E-state index contributed by atoms with van der Waals surface area (Å²) in [5, 5.41) is 13.9. The first-order valence-corrected chi connectivity index (χ1v) is 28.5. The van der Waals surface area contributed by atoms with Gasteiger partial charge in [-0.3, -0.25) is 13.8 Å². The van der Waals surface area contributed by atoms with Gasteiger partial charge < -0.3 is 19.8 Å². The Hall–Kier alpha value is -2.32. The zero-order valence-corrected chi connectivity index (χ0v) is 44.3. The van der Waals surface area contributed by atoms with Crippen molar-refractivity contribution in [3.8, 4) is 0 Å². The number of hydrogen-bond donors (Lipinski definition) is 3. The topological polar surface area (TPSA) is 105 Å². The van der Waals surface area contributed by atoms with Crippen molar-refractivity contribution in [3.05, 3.63) is 85.1 Å². The maximum atomic E-state index is 13.0. The summed E-state index contributed by atoms with van der Waals surface area (Å²) in [6, 6.07) is -0.860. The van der Waals surface area contributed by atoms with Crippen molar-refractivity contribution in [3.63, 3.8) is 0 Å². The molecule has 3 unspecified atom stereocenters. The zero-order chi connectivity index (χ0) is 48.5. The monoisotopic (exact) mass is 944 g/mol. The van der Waals surface area contributed by atoms with E-state index in [-0.39, 0.29) is 19.1 Å². The number of nitrogens with zero attached hydrogens (tertiary/aromatic N) is 1. The quantitative estimate of drug-likeness (QED) is 0.0243. The van der Waals surface area contributed by atoms with Gasteiger partial charge in [-0.25, -0.2) is 4.57 Å². The molecule has 0 aliphatic heterocycles. The smallest absolute Gasteiger partial charge is 0.387 e. The van der Waals surface area contributed by atoms with Crippen LogP contribution in [-0.2, 0) is 18.4 Å². The Balaban J connectivity index is 4.34. The fourth-order valence-corrected chi connectivity index (χ4v) is 8.13. The molecule has 0 rings (SSSR count). The van der Waals surface area contributed by atoms with Crippen molar-refractivity contribution in [2.75, 3.05) is 40.9 Å². The predicted octanol–water partition coefficient (Wildman–Crippen LogP) is 16.1. The summed E-state index contributed by atoms with van der Waals surface area (Å²) in [5.41, 5.74) is 0. The van der Waals surface area contributed by atoms with Gasteiger partial charge in [0.1, 0.15) is 13.2 Å². The van der Waals surface area contributed by atoms with Crippen LogP contribution in [0.5, 0.6) is 0 Å². The Kier molecular flexibility index (Phi) is 46.1. The Bertz CT molecular complexity index is 1350. The minimum Gasteiger partial charge on any atom is -0.387 e. The summed E-state index contributed by atoms with van der Waals surface area (Å²) in [4.78, 5) is 23.3. The van der Waals surface area contributed by atoms with Gasteiger partial charge in [0.2, 0.25) is 5.91 Å². The second kappa shape index (κ2) is 47.7. The fourth-order valence-electron chi connectivity index (χ4n) is 7.40. The lowest BCUT2D eigenvalue weighted by atomic mass is 10.0. The number of hydrogen-bond acceptors (Lipinski definition) is 5. The van der Waals surface area contributed by atoms with Crippen LogP contribution < -0.4 is 5.32 Å². The number of nitrogens with one attached hydrogen (secondary N) is 1. The SMILES string of the molecule is CC/C=C\C/C=C\C/C=C\C/C=C\C/C=C\C/C=C\CCCCCCCCC(=O)NC(COP(=O)(O)OCC[N+](C)(C)C)C(O)/C=C/CCCCCCCCCCCCCCCCCCC. The van der Waals surface area contributed by atoms with E-state index in [1.807, 2.05) is 27.2 Å². The average molecular weight is 944 g/mol. The maximum Gasteiger partial charge on any atom is 0.472 e. The van der Waals surface area contributed by atoms with Gasteiger partial charge in [-0.05, 0) is 70.6 Å². The molecule has 3 atom stereocenters. The van der Waals surface area contributed by atoms with E-state index in [0.717, 1.165) is 89.9 Å². The molecule has 0 radical (unpaired) electrons. The molecule has 66 heavy (non-hydrogen) atoms. The highest BCUT2D eigenvalue weighted by Crippen LogP contribution is 2.43. The van der Waals surface area contributed by atoms with Crippen molar-refractivity contribution in [2.45, 2.75) is 231 Å². The molecule has 0 saturated heterocycles. The van der Waals surface area contributed by atoms with Gasteiger partial charge in [0.05, 0.1) is 39.9 Å². The third kappa shape index (κ3) is 49.6. The van der Waals surface area contributed by atoms with Crippen molar-refractivity contribution in [2.24, 2.45) is 0 Å². The Morgan fingerprint density at radius 2 is 0.909 bits per heavy atom. The van der Waals surface area contributed by atoms with Gasteiger partial charge in [-0.2, -0.15) is 0 Å². The molecule has 0 saturated carbocycles. The molecule has 9 heteroatoms. The summed E-state index contributed by atoms with van der Waals surface area (Å²) in [6.07, 6.45) is 66.6. The number of phosphoric acid groups is 1. The number of unbranched alkanes of at least 4 members (excludes halogenated alkanes) is 23. The molecule has 1 amide bonds. The molecule has 0 aliphatic rings. The van der Waals surface area contributed by atoms with Gasteiger partial charge in [0.15, 0.2) is 0 Å². The molecule has 0 spiro atoms. The molecule has 8 nitrogen and oxygen atoms in total. The second-order valence-corrected chi connectivity index (χ2v) is 20.7. The molecule has 0 fully saturated rings. The summed E-state index contributed by atoms with van der Waals surface area (Å²) >= 11 is 0. The zero-order valence-electron chi connectivity index (χ0n) is 43.4. The van der Waals surface area contributed by atoms with E-state index < -0.39 is 20.0 Å². The maximum absolute atomic E-state index is 13.0. The molecule has 0 aliphatic carbocycles. The van der Waals surface area contributed by atoms with Crippen LogP contribution in [0.1, 0.15) is 219 Å². The third-order valence-corrected chi connectivity index (χ3v) is 12.6. The number of aliphatic hydroxyl groups excluding tert-OH is 1. The predicted molar refractivity (Wildman–Crippen MR) is 286 cm³/mol. The van der Waals surface area contributed by atoms with Crippen LogP contribution in [0, 0.1) is 0 Å². The Morgan fingerprint density at radius 3 is 1.33 bits per heavy atom. The van der Waals surface area contributed by atoms with Crippen LogP contribution in [0.3, 0.4) is 0 Å². The molecule has 3 N–H and O–H groups in total. The lowest BCUT2D eigenvalue weighted by molar-refractivity contribution is -0.870. The first-order valence-electron chi connectivity index (χ1n) is 27.0. The van der Waals surface area contributed by atoms with Gasteiger partial charge in [-0.1, -0.05) is 227 Å². The number of phosphoric ester groups is 1. The van der Waals surface area contributed by atoms with Crippen molar-refractivity contribution >= 4 is 13.7 Å². The normalized spacial score (nSPS) is 14.7. The summed E-state index contributed by atoms with van der Waals surface area (Å²) in [5.74, 6) is -0.194. The lowest BCUT2D eigenvalue weighted by Gasteiger charge is -2.25. The van der Waals surface area contributed by atoms with E-state index in [1.54, 1.807) is 6.08 Å². The van der Waals surface area contributed by atoms with Crippen molar-refractivity contribution < 1.29 is 32.9 Å². The number of quaternary nitrogens is 1. The highest BCUT2D eigenvalue weighted by Gasteiger charge is 2.27. The van der Waals surface area contributed by atoms with Gasteiger partial charge >= 0.3 is 7.82 Å². The number of allylic oxidation sites excluding steroid dienone is 13.